The second-order valence-electron chi connectivity index (χ2n) is 6.95. The zero-order chi connectivity index (χ0) is 13.7. The molecule has 0 aliphatic heterocycles. The number of hydrogen-bond donors (Lipinski definition) is 0. The van der Waals surface area contributed by atoms with Gasteiger partial charge in [0.1, 0.15) is 6.54 Å². The van der Waals surface area contributed by atoms with Gasteiger partial charge in [0, 0.05) is 0 Å². The van der Waals surface area contributed by atoms with Crippen LogP contribution < -0.4 is 0 Å². The van der Waals surface area contributed by atoms with Crippen LogP contribution in [-0.4, -0.2) is 0 Å². The first-order valence-corrected chi connectivity index (χ1v) is 6.64. The summed E-state index contributed by atoms with van der Waals surface area (Å²) in [5.41, 5.74) is 6.91. The van der Waals surface area contributed by atoms with E-state index < -0.39 is 0 Å². The highest BCUT2D eigenvalue weighted by atomic mass is 16.3. The van der Waals surface area contributed by atoms with Crippen LogP contribution in [0.1, 0.15) is 61.9 Å². The highest BCUT2D eigenvalue weighted by molar-refractivity contribution is 5.54. The quantitative estimate of drug-likeness (QED) is 0.704. The number of nitrogens with zero attached hydrogens (tertiary/aromatic N) is 1. The molecule has 0 heterocycles. The molecule has 0 unspecified atom stereocenters. The van der Waals surface area contributed by atoms with Gasteiger partial charge < -0.3 is 0 Å². The molecule has 18 heavy (non-hydrogen) atoms. The van der Waals surface area contributed by atoms with Crippen LogP contribution in [0.4, 0.5) is 0 Å². The minimum Gasteiger partial charge on any atom is -0.150 e. The zero-order valence-corrected chi connectivity index (χ0v) is 12.3. The summed E-state index contributed by atoms with van der Waals surface area (Å²) < 4.78 is 0. The summed E-state index contributed by atoms with van der Waals surface area (Å²) in [7, 11) is 0. The maximum Gasteiger partial charge on any atom is 0.107 e. The van der Waals surface area contributed by atoms with Crippen molar-refractivity contribution in [3.05, 3.63) is 38.8 Å². The highest BCUT2D eigenvalue weighted by Crippen LogP contribution is 2.51. The second-order valence-corrected chi connectivity index (χ2v) is 6.95. The van der Waals surface area contributed by atoms with Crippen LogP contribution in [0.2, 0.25) is 0 Å². The van der Waals surface area contributed by atoms with Crippen molar-refractivity contribution in [2.24, 2.45) is 5.18 Å². The van der Waals surface area contributed by atoms with Crippen molar-refractivity contribution in [3.8, 4) is 0 Å². The van der Waals surface area contributed by atoms with E-state index >= 15 is 0 Å². The van der Waals surface area contributed by atoms with Crippen LogP contribution in [0, 0.1) is 18.8 Å². The van der Waals surface area contributed by atoms with Gasteiger partial charge in [-0.3, -0.25) is 0 Å². The van der Waals surface area contributed by atoms with Crippen LogP contribution in [-0.2, 0) is 17.4 Å². The number of hydrogen-bond acceptors (Lipinski definition) is 2. The SMILES string of the molecule is Cc1cc2c(c(C)c1CN=O)C(C)(C)CC2(C)C. The maximum atomic E-state index is 10.6. The normalized spacial score (nSPS) is 19.7. The number of fused-ring (bicyclic) bond motifs is 1. The lowest BCUT2D eigenvalue weighted by Gasteiger charge is -2.23. The monoisotopic (exact) mass is 245 g/mol. The first-order valence-electron chi connectivity index (χ1n) is 6.64. The fraction of sp³-hybridized carbons (Fsp3) is 0.625. The molecule has 98 valence electrons. The van der Waals surface area contributed by atoms with Crippen LogP contribution in [0.15, 0.2) is 11.2 Å². The predicted octanol–water partition coefficient (Wildman–Crippen LogP) is 4.53. The van der Waals surface area contributed by atoms with E-state index in [9.17, 15) is 4.91 Å². The summed E-state index contributed by atoms with van der Waals surface area (Å²) in [6.07, 6.45) is 1.16. The van der Waals surface area contributed by atoms with Gasteiger partial charge in [0.25, 0.3) is 0 Å². The molecule has 0 spiro atoms. The molecule has 2 nitrogen and oxygen atoms in total. The van der Waals surface area contributed by atoms with Crippen LogP contribution in [0.25, 0.3) is 0 Å². The van der Waals surface area contributed by atoms with Crippen molar-refractivity contribution in [1.29, 1.82) is 0 Å². The van der Waals surface area contributed by atoms with E-state index in [1.807, 2.05) is 0 Å². The minimum absolute atomic E-state index is 0.189. The molecule has 0 amide bonds. The van der Waals surface area contributed by atoms with Crippen molar-refractivity contribution in [2.75, 3.05) is 0 Å². The Labute approximate surface area is 110 Å². The van der Waals surface area contributed by atoms with Gasteiger partial charge in [0.15, 0.2) is 0 Å². The average Bonchev–Trinajstić information content (AvgIpc) is 2.38. The van der Waals surface area contributed by atoms with Gasteiger partial charge in [-0.15, -0.1) is 0 Å². The molecule has 0 bridgehead atoms. The lowest BCUT2D eigenvalue weighted by Crippen LogP contribution is -2.18. The molecular weight excluding hydrogens is 222 g/mol. The summed E-state index contributed by atoms with van der Waals surface area (Å²) in [5, 5.41) is 3.09. The highest BCUT2D eigenvalue weighted by Gasteiger charge is 2.43. The molecule has 0 N–H and O–H groups in total. The van der Waals surface area contributed by atoms with Gasteiger partial charge in [-0.05, 0) is 58.9 Å². The summed E-state index contributed by atoms with van der Waals surface area (Å²) in [6, 6.07) is 2.28. The van der Waals surface area contributed by atoms with Crippen LogP contribution in [0.3, 0.4) is 0 Å². The van der Waals surface area contributed by atoms with Gasteiger partial charge in [-0.25, -0.2) is 0 Å². The van der Waals surface area contributed by atoms with E-state index in [1.165, 1.54) is 22.3 Å². The van der Waals surface area contributed by atoms with Crippen molar-refractivity contribution in [3.63, 3.8) is 0 Å². The Hall–Kier alpha value is -1.18. The van der Waals surface area contributed by atoms with Crippen molar-refractivity contribution < 1.29 is 0 Å². The zero-order valence-electron chi connectivity index (χ0n) is 12.3. The van der Waals surface area contributed by atoms with E-state index in [4.69, 9.17) is 0 Å². The number of rotatable bonds is 2. The Morgan fingerprint density at radius 3 is 2.33 bits per heavy atom. The third-order valence-electron chi connectivity index (χ3n) is 4.45. The number of benzene rings is 1. The number of nitroso groups, excluding NO2 is 1. The minimum atomic E-state index is 0.189. The maximum absolute atomic E-state index is 10.6. The largest absolute Gasteiger partial charge is 0.150 e. The first-order chi connectivity index (χ1) is 8.20. The summed E-state index contributed by atoms with van der Waals surface area (Å²) >= 11 is 0. The molecule has 0 radical (unpaired) electrons. The van der Waals surface area contributed by atoms with Gasteiger partial charge in [-0.1, -0.05) is 38.9 Å². The first kappa shape index (κ1) is 13.3. The Bertz CT molecular complexity index is 512. The van der Waals surface area contributed by atoms with Crippen LogP contribution >= 0.6 is 0 Å². The van der Waals surface area contributed by atoms with Crippen LogP contribution in [0.5, 0.6) is 0 Å². The van der Waals surface area contributed by atoms with Crippen molar-refractivity contribution in [2.45, 2.75) is 65.3 Å². The molecular formula is C16H23NO. The van der Waals surface area contributed by atoms with E-state index in [-0.39, 0.29) is 10.8 Å². The molecule has 1 aromatic rings. The standard InChI is InChI=1S/C16H23NO/c1-10-7-13-14(11(2)12(10)8-17-18)16(5,6)9-15(13,3)4/h7H,8-9H2,1-6H3. The molecule has 1 aliphatic carbocycles. The molecule has 1 aliphatic rings. The summed E-state index contributed by atoms with van der Waals surface area (Å²) in [5.74, 6) is 0. The fourth-order valence-electron chi connectivity index (χ4n) is 4.03. The van der Waals surface area contributed by atoms with E-state index in [0.717, 1.165) is 12.0 Å². The Morgan fingerprint density at radius 2 is 1.78 bits per heavy atom. The molecule has 0 saturated heterocycles. The average molecular weight is 245 g/mol. The third-order valence-corrected chi connectivity index (χ3v) is 4.45. The van der Waals surface area contributed by atoms with Gasteiger partial charge in [0.05, 0.1) is 0 Å². The van der Waals surface area contributed by atoms with E-state index in [2.05, 4.69) is 52.8 Å². The fourth-order valence-corrected chi connectivity index (χ4v) is 4.03. The Balaban J connectivity index is 2.76. The molecule has 1 aromatic carbocycles. The lowest BCUT2D eigenvalue weighted by molar-refractivity contribution is 0.402. The second kappa shape index (κ2) is 3.91. The smallest absolute Gasteiger partial charge is 0.107 e. The van der Waals surface area contributed by atoms with E-state index in [1.54, 1.807) is 0 Å². The molecule has 0 saturated carbocycles. The topological polar surface area (TPSA) is 29.4 Å². The predicted molar refractivity (Wildman–Crippen MR) is 76.1 cm³/mol. The molecule has 0 fully saturated rings. The summed E-state index contributed by atoms with van der Waals surface area (Å²) in [6.45, 7) is 13.8. The molecule has 2 rings (SSSR count). The molecule has 0 aromatic heterocycles. The Morgan fingerprint density at radius 1 is 1.17 bits per heavy atom. The third kappa shape index (κ3) is 1.79. The van der Waals surface area contributed by atoms with Gasteiger partial charge in [0.2, 0.25) is 0 Å². The van der Waals surface area contributed by atoms with Gasteiger partial charge >= 0.3 is 0 Å². The number of aryl methyl sites for hydroxylation is 1. The molecule has 0 atom stereocenters. The molecule has 2 heteroatoms. The Kier molecular flexibility index (Phi) is 2.88. The van der Waals surface area contributed by atoms with Gasteiger partial charge in [-0.2, -0.15) is 4.91 Å². The lowest BCUT2D eigenvalue weighted by atomic mass is 9.81. The van der Waals surface area contributed by atoms with Crippen molar-refractivity contribution >= 4 is 0 Å². The summed E-state index contributed by atoms with van der Waals surface area (Å²) in [4.78, 5) is 10.6. The van der Waals surface area contributed by atoms with Crippen molar-refractivity contribution in [1.82, 2.24) is 0 Å². The van der Waals surface area contributed by atoms with E-state index in [0.29, 0.717) is 6.54 Å².